The van der Waals surface area contributed by atoms with Crippen molar-refractivity contribution in [2.45, 2.75) is 56.9 Å². The second-order valence-corrected chi connectivity index (χ2v) is 8.12. The number of hydrogen-bond donors (Lipinski definition) is 1. The Morgan fingerprint density at radius 1 is 1.14 bits per heavy atom. The van der Waals surface area contributed by atoms with E-state index in [-0.39, 0.29) is 0 Å². The van der Waals surface area contributed by atoms with E-state index < -0.39 is 0 Å². The van der Waals surface area contributed by atoms with Gasteiger partial charge in [-0.25, -0.2) is 0 Å². The van der Waals surface area contributed by atoms with Gasteiger partial charge in [-0.2, -0.15) is 0 Å². The zero-order chi connectivity index (χ0) is 14.7. The average Bonchev–Trinajstić information content (AvgIpc) is 3.11. The van der Waals surface area contributed by atoms with Crippen LogP contribution in [-0.4, -0.2) is 12.3 Å². The molecule has 4 atom stereocenters. The predicted octanol–water partition coefficient (Wildman–Crippen LogP) is 5.28. The Morgan fingerprint density at radius 3 is 2.52 bits per heavy atom. The molecule has 0 amide bonds. The molecule has 1 aromatic carbocycles. The molecule has 0 saturated heterocycles. The zero-order valence-electron chi connectivity index (χ0n) is 13.5. The molecule has 0 radical (unpaired) electrons. The summed E-state index contributed by atoms with van der Waals surface area (Å²) >= 11 is 1.93. The first-order valence-corrected chi connectivity index (χ1v) is 9.74. The van der Waals surface area contributed by atoms with Crippen molar-refractivity contribution in [3.63, 3.8) is 0 Å². The number of thioether (sulfide) groups is 1. The van der Waals surface area contributed by atoms with E-state index in [0.29, 0.717) is 6.04 Å². The van der Waals surface area contributed by atoms with Crippen LogP contribution < -0.4 is 5.32 Å². The molecule has 4 unspecified atom stereocenters. The van der Waals surface area contributed by atoms with Crippen molar-refractivity contribution in [1.29, 1.82) is 0 Å². The van der Waals surface area contributed by atoms with E-state index in [1.54, 1.807) is 0 Å². The maximum atomic E-state index is 3.73. The molecule has 1 aromatic rings. The highest BCUT2D eigenvalue weighted by molar-refractivity contribution is 7.99. The maximum absolute atomic E-state index is 3.73. The lowest BCUT2D eigenvalue weighted by molar-refractivity contribution is 0.280. The molecule has 1 N–H and O–H groups in total. The topological polar surface area (TPSA) is 12.0 Å². The van der Waals surface area contributed by atoms with Crippen LogP contribution in [-0.2, 0) is 0 Å². The minimum Gasteiger partial charge on any atom is -0.310 e. The van der Waals surface area contributed by atoms with E-state index >= 15 is 0 Å². The summed E-state index contributed by atoms with van der Waals surface area (Å²) in [6, 6.07) is 9.85. The lowest BCUT2D eigenvalue weighted by Crippen LogP contribution is -2.25. The molecule has 0 heterocycles. The number of hydrogen-bond acceptors (Lipinski definition) is 2. The highest BCUT2D eigenvalue weighted by Crippen LogP contribution is 2.50. The summed E-state index contributed by atoms with van der Waals surface area (Å²) in [5, 5.41) is 3.73. The third-order valence-corrected chi connectivity index (χ3v) is 6.36. The number of rotatable bonds is 7. The average molecular weight is 304 g/mol. The van der Waals surface area contributed by atoms with Gasteiger partial charge in [0, 0.05) is 10.9 Å². The summed E-state index contributed by atoms with van der Waals surface area (Å²) in [6.45, 7) is 5.52. The van der Waals surface area contributed by atoms with Crippen LogP contribution in [0.15, 0.2) is 29.2 Å². The minimum absolute atomic E-state index is 0.556. The predicted molar refractivity (Wildman–Crippen MR) is 92.8 cm³/mol. The highest BCUT2D eigenvalue weighted by atomic mass is 32.2. The first kappa shape index (κ1) is 15.4. The van der Waals surface area contributed by atoms with Gasteiger partial charge in [0.1, 0.15) is 0 Å². The summed E-state index contributed by atoms with van der Waals surface area (Å²) in [6.07, 6.45) is 7.37. The van der Waals surface area contributed by atoms with Crippen LogP contribution in [0, 0.1) is 17.8 Å². The lowest BCUT2D eigenvalue weighted by Gasteiger charge is -2.27. The molecular weight excluding hydrogens is 274 g/mol. The van der Waals surface area contributed by atoms with Gasteiger partial charge in [0.25, 0.3) is 0 Å². The number of nitrogens with one attached hydrogen (secondary N) is 1. The van der Waals surface area contributed by atoms with Crippen LogP contribution in [0.4, 0.5) is 0 Å². The Balaban J connectivity index is 1.65. The molecule has 21 heavy (non-hydrogen) atoms. The van der Waals surface area contributed by atoms with Gasteiger partial charge in [-0.3, -0.25) is 0 Å². The van der Waals surface area contributed by atoms with Crippen molar-refractivity contribution < 1.29 is 0 Å². The Morgan fingerprint density at radius 2 is 1.95 bits per heavy atom. The first-order valence-electron chi connectivity index (χ1n) is 8.76. The SMILES string of the molecule is CCNC(CC1CC2CCC1C2)c1ccc(SCC)cc1. The molecule has 116 valence electrons. The van der Waals surface area contributed by atoms with Gasteiger partial charge in [0.15, 0.2) is 0 Å². The molecule has 2 aliphatic rings. The minimum atomic E-state index is 0.556. The molecule has 2 bridgehead atoms. The quantitative estimate of drug-likeness (QED) is 0.688. The van der Waals surface area contributed by atoms with Gasteiger partial charge in [0.05, 0.1) is 0 Å². The fraction of sp³-hybridized carbons (Fsp3) is 0.684. The van der Waals surface area contributed by atoms with Gasteiger partial charge >= 0.3 is 0 Å². The Hall–Kier alpha value is -0.470. The van der Waals surface area contributed by atoms with Gasteiger partial charge in [-0.1, -0.05) is 32.4 Å². The summed E-state index contributed by atoms with van der Waals surface area (Å²) in [5.41, 5.74) is 1.49. The van der Waals surface area contributed by atoms with Crippen LogP contribution in [0.3, 0.4) is 0 Å². The van der Waals surface area contributed by atoms with Crippen molar-refractivity contribution >= 4 is 11.8 Å². The lowest BCUT2D eigenvalue weighted by atomic mass is 9.83. The van der Waals surface area contributed by atoms with E-state index in [1.165, 1.54) is 42.6 Å². The van der Waals surface area contributed by atoms with Gasteiger partial charge in [0.2, 0.25) is 0 Å². The highest BCUT2D eigenvalue weighted by Gasteiger charge is 2.40. The third kappa shape index (κ3) is 3.65. The third-order valence-electron chi connectivity index (χ3n) is 5.47. The Labute approximate surface area is 134 Å². The smallest absolute Gasteiger partial charge is 0.0322 e. The van der Waals surface area contributed by atoms with Crippen LogP contribution >= 0.6 is 11.8 Å². The van der Waals surface area contributed by atoms with E-state index in [4.69, 9.17) is 0 Å². The van der Waals surface area contributed by atoms with E-state index in [0.717, 1.165) is 30.1 Å². The number of benzene rings is 1. The molecule has 2 heteroatoms. The van der Waals surface area contributed by atoms with Crippen molar-refractivity contribution in [2.24, 2.45) is 17.8 Å². The van der Waals surface area contributed by atoms with Gasteiger partial charge in [-0.05, 0) is 73.4 Å². The fourth-order valence-corrected chi connectivity index (χ4v) is 5.18. The first-order chi connectivity index (χ1) is 10.3. The molecule has 0 aliphatic heterocycles. The normalized spacial score (nSPS) is 29.0. The molecule has 0 aromatic heterocycles. The Kier molecular flexibility index (Phi) is 5.29. The Bertz CT molecular complexity index is 441. The van der Waals surface area contributed by atoms with Gasteiger partial charge in [-0.15, -0.1) is 11.8 Å². The fourth-order valence-electron chi connectivity index (χ4n) is 4.51. The summed E-state index contributed by atoms with van der Waals surface area (Å²) in [5.74, 6) is 4.22. The second-order valence-electron chi connectivity index (χ2n) is 6.78. The van der Waals surface area contributed by atoms with Crippen molar-refractivity contribution in [3.8, 4) is 0 Å². The molecule has 1 nitrogen and oxygen atoms in total. The summed E-state index contributed by atoms with van der Waals surface area (Å²) < 4.78 is 0. The van der Waals surface area contributed by atoms with Gasteiger partial charge < -0.3 is 5.32 Å². The molecule has 2 fully saturated rings. The van der Waals surface area contributed by atoms with Crippen LogP contribution in [0.1, 0.15) is 57.6 Å². The van der Waals surface area contributed by atoms with Crippen molar-refractivity contribution in [3.05, 3.63) is 29.8 Å². The second kappa shape index (κ2) is 7.19. The molecule has 2 saturated carbocycles. The van der Waals surface area contributed by atoms with Crippen molar-refractivity contribution in [2.75, 3.05) is 12.3 Å². The van der Waals surface area contributed by atoms with Crippen LogP contribution in [0.2, 0.25) is 0 Å². The monoisotopic (exact) mass is 303 g/mol. The molecule has 2 aliphatic carbocycles. The van der Waals surface area contributed by atoms with E-state index in [1.807, 2.05) is 11.8 Å². The molecule has 0 spiro atoms. The maximum Gasteiger partial charge on any atom is 0.0322 e. The summed E-state index contributed by atoms with van der Waals surface area (Å²) in [7, 11) is 0. The molecular formula is C19H29NS. The van der Waals surface area contributed by atoms with Crippen LogP contribution in [0.25, 0.3) is 0 Å². The molecule has 3 rings (SSSR count). The van der Waals surface area contributed by atoms with E-state index in [2.05, 4.69) is 43.4 Å². The number of fused-ring (bicyclic) bond motifs is 2. The van der Waals surface area contributed by atoms with Crippen molar-refractivity contribution in [1.82, 2.24) is 5.32 Å². The standard InChI is InChI=1S/C19H29NS/c1-3-20-19(13-17-12-14-5-6-16(17)11-14)15-7-9-18(10-8-15)21-4-2/h7-10,14,16-17,19-20H,3-6,11-13H2,1-2H3. The largest absolute Gasteiger partial charge is 0.310 e. The zero-order valence-corrected chi connectivity index (χ0v) is 14.3. The van der Waals surface area contributed by atoms with E-state index in [9.17, 15) is 0 Å². The summed E-state index contributed by atoms with van der Waals surface area (Å²) in [4.78, 5) is 1.40. The van der Waals surface area contributed by atoms with Crippen LogP contribution in [0.5, 0.6) is 0 Å².